The van der Waals surface area contributed by atoms with Crippen LogP contribution in [0.3, 0.4) is 0 Å². The lowest BCUT2D eigenvalue weighted by Gasteiger charge is -2.43. The fourth-order valence-corrected chi connectivity index (χ4v) is 6.59. The minimum Gasteiger partial charge on any atom is -0.471 e. The van der Waals surface area contributed by atoms with Gasteiger partial charge in [0, 0.05) is 38.4 Å². The van der Waals surface area contributed by atoms with E-state index in [1.807, 2.05) is 6.92 Å². The van der Waals surface area contributed by atoms with E-state index in [4.69, 9.17) is 37.9 Å². The number of ether oxygens (including phenoxy) is 8. The third-order valence-electron chi connectivity index (χ3n) is 9.23. The van der Waals surface area contributed by atoms with Gasteiger partial charge in [-0.3, -0.25) is 9.59 Å². The number of carbonyl (C=O) groups excluding carboxylic acids is 3. The first-order valence-electron chi connectivity index (χ1n) is 14.5. The topological polar surface area (TPSA) is 206 Å². The summed E-state index contributed by atoms with van der Waals surface area (Å²) in [4.78, 5) is 38.5. The van der Waals surface area contributed by atoms with Gasteiger partial charge in [-0.05, 0) is 18.3 Å². The lowest BCUT2D eigenvalue weighted by Crippen LogP contribution is -2.60. The molecule has 2 saturated heterocycles. The highest BCUT2D eigenvalue weighted by atomic mass is 16.8. The van der Waals surface area contributed by atoms with Crippen molar-refractivity contribution >= 4 is 17.9 Å². The number of esters is 3. The summed E-state index contributed by atoms with van der Waals surface area (Å²) in [5, 5.41) is 40.3. The molecule has 4 rings (SSSR count). The molecule has 0 radical (unpaired) electrons. The van der Waals surface area contributed by atoms with Crippen LogP contribution in [0.5, 0.6) is 0 Å². The summed E-state index contributed by atoms with van der Waals surface area (Å²) in [6.45, 7) is 5.18. The van der Waals surface area contributed by atoms with Crippen molar-refractivity contribution in [2.75, 3.05) is 34.5 Å². The van der Waals surface area contributed by atoms with E-state index in [9.17, 15) is 34.8 Å². The van der Waals surface area contributed by atoms with Crippen molar-refractivity contribution in [3.63, 3.8) is 0 Å². The lowest BCUT2D eigenvalue weighted by atomic mass is 9.80. The van der Waals surface area contributed by atoms with Crippen LogP contribution in [0.1, 0.15) is 19.8 Å². The van der Waals surface area contributed by atoms with E-state index in [2.05, 4.69) is 6.58 Å². The van der Waals surface area contributed by atoms with Gasteiger partial charge in [-0.25, -0.2) is 4.79 Å². The van der Waals surface area contributed by atoms with Crippen LogP contribution in [0.4, 0.5) is 0 Å². The largest absolute Gasteiger partial charge is 0.471 e. The molecule has 0 spiro atoms. The molecule has 248 valence electrons. The molecule has 44 heavy (non-hydrogen) atoms. The van der Waals surface area contributed by atoms with E-state index in [-0.39, 0.29) is 36.9 Å². The monoisotopic (exact) mass is 630 g/mol. The Morgan fingerprint density at radius 1 is 1.09 bits per heavy atom. The smallest absolute Gasteiger partial charge is 0.337 e. The molecule has 13 atom stereocenters. The second kappa shape index (κ2) is 14.6. The molecule has 1 aliphatic carbocycles. The van der Waals surface area contributed by atoms with Crippen molar-refractivity contribution in [3.05, 3.63) is 24.5 Å². The van der Waals surface area contributed by atoms with Crippen molar-refractivity contribution in [3.8, 4) is 0 Å². The Hall–Kier alpha value is -2.63. The number of hydrogen-bond donors (Lipinski definition) is 4. The van der Waals surface area contributed by atoms with Gasteiger partial charge in [0.05, 0.1) is 32.2 Å². The third-order valence-corrected chi connectivity index (χ3v) is 9.23. The molecule has 3 fully saturated rings. The molecule has 0 aromatic rings. The average Bonchev–Trinajstić information content (AvgIpc) is 3.33. The highest BCUT2D eigenvalue weighted by Crippen LogP contribution is 2.47. The SMILES string of the molecule is C=C[C@H]1[C@H](O[C@@H]2O[C@H](CO)[C@@H](O)[C@H](O)[C@H]2O)OC=C(C(=O)O[C@H]2C[C@@H]3C(C(=O)OC)C(=O)OC[C@@H]3[C@H]2C)[C@H]1CC(OC)OC. The number of aliphatic hydroxyl groups excluding tert-OH is 4. The van der Waals surface area contributed by atoms with E-state index in [0.717, 1.165) is 0 Å². The molecule has 3 heterocycles. The molecule has 15 nitrogen and oxygen atoms in total. The summed E-state index contributed by atoms with van der Waals surface area (Å²) in [6.07, 6.45) is -7.21. The number of rotatable bonds is 11. The predicted molar refractivity (Wildman–Crippen MR) is 145 cm³/mol. The molecule has 1 unspecified atom stereocenters. The minimum absolute atomic E-state index is 0.0967. The number of hydrogen-bond acceptors (Lipinski definition) is 15. The maximum absolute atomic E-state index is 13.7. The molecule has 4 N–H and O–H groups in total. The van der Waals surface area contributed by atoms with Crippen LogP contribution in [0.2, 0.25) is 0 Å². The van der Waals surface area contributed by atoms with Gasteiger partial charge in [0.1, 0.15) is 30.5 Å². The Kier molecular flexibility index (Phi) is 11.4. The Labute approximate surface area is 254 Å². The van der Waals surface area contributed by atoms with Crippen LogP contribution in [0.15, 0.2) is 24.5 Å². The van der Waals surface area contributed by atoms with Crippen LogP contribution >= 0.6 is 0 Å². The first-order valence-corrected chi connectivity index (χ1v) is 14.5. The summed E-state index contributed by atoms with van der Waals surface area (Å²) in [5.41, 5.74) is 0.113. The zero-order chi connectivity index (χ0) is 32.3. The summed E-state index contributed by atoms with van der Waals surface area (Å²) < 4.78 is 43.9. The predicted octanol–water partition coefficient (Wildman–Crippen LogP) is -0.999. The van der Waals surface area contributed by atoms with Crippen LogP contribution in [-0.4, -0.2) is 122 Å². The van der Waals surface area contributed by atoms with Gasteiger partial charge in [-0.1, -0.05) is 13.0 Å². The highest BCUT2D eigenvalue weighted by molar-refractivity contribution is 5.96. The Morgan fingerprint density at radius 3 is 2.41 bits per heavy atom. The first kappa shape index (κ1) is 34.2. The zero-order valence-electron chi connectivity index (χ0n) is 25.1. The third kappa shape index (κ3) is 6.65. The zero-order valence-corrected chi connectivity index (χ0v) is 25.1. The fraction of sp³-hybridized carbons (Fsp3) is 0.759. The first-order chi connectivity index (χ1) is 21.0. The molecule has 4 aliphatic rings. The second-order valence-corrected chi connectivity index (χ2v) is 11.5. The van der Waals surface area contributed by atoms with Gasteiger partial charge < -0.3 is 58.3 Å². The molecule has 0 aromatic heterocycles. The quantitative estimate of drug-likeness (QED) is 0.0710. The Balaban J connectivity index is 1.55. The van der Waals surface area contributed by atoms with Gasteiger partial charge >= 0.3 is 17.9 Å². The van der Waals surface area contributed by atoms with Gasteiger partial charge in [0.2, 0.25) is 6.29 Å². The minimum atomic E-state index is -1.68. The van der Waals surface area contributed by atoms with E-state index in [1.54, 1.807) is 0 Å². The fourth-order valence-electron chi connectivity index (χ4n) is 6.59. The normalized spacial score (nSPS) is 40.3. The van der Waals surface area contributed by atoms with Crippen LogP contribution in [0.25, 0.3) is 0 Å². The van der Waals surface area contributed by atoms with E-state index in [1.165, 1.54) is 33.7 Å². The highest BCUT2D eigenvalue weighted by Gasteiger charge is 2.55. The van der Waals surface area contributed by atoms with E-state index in [0.29, 0.717) is 0 Å². The molecule has 0 aromatic carbocycles. The second-order valence-electron chi connectivity index (χ2n) is 11.5. The molecule has 0 bridgehead atoms. The number of fused-ring (bicyclic) bond motifs is 1. The van der Waals surface area contributed by atoms with Crippen LogP contribution < -0.4 is 0 Å². The molecular weight excluding hydrogens is 588 g/mol. The van der Waals surface area contributed by atoms with Gasteiger partial charge in [0.15, 0.2) is 18.5 Å². The maximum Gasteiger partial charge on any atom is 0.337 e. The van der Waals surface area contributed by atoms with E-state index >= 15 is 0 Å². The van der Waals surface area contributed by atoms with Crippen molar-refractivity contribution < 1.29 is 72.7 Å². The summed E-state index contributed by atoms with van der Waals surface area (Å²) >= 11 is 0. The van der Waals surface area contributed by atoms with Gasteiger partial charge in [0.25, 0.3) is 0 Å². The van der Waals surface area contributed by atoms with Crippen molar-refractivity contribution in [1.82, 2.24) is 0 Å². The van der Waals surface area contributed by atoms with Gasteiger partial charge in [-0.15, -0.1) is 6.58 Å². The summed E-state index contributed by atoms with van der Waals surface area (Å²) in [6, 6.07) is 0. The standard InChI is InChI=1S/C29H42O15/c1-6-13-14(8-20(37-3)38-4)17(11-41-28(13)44-29-24(33)23(32)22(31)19(9-30)43-29)25(34)42-18-7-15-16(12(18)2)10-40-27(36)21(15)26(35)39-5/h6,11-16,18-24,28-33H,1,7-10H2,2-5H3/t12-,13-,14+,15+,16-,18+,19-,21?,22-,23+,24-,28+,29+/m1/s1. The molecule has 15 heteroatoms. The molecular formula is C29H42O15. The Morgan fingerprint density at radius 2 is 1.80 bits per heavy atom. The van der Waals surface area contributed by atoms with Gasteiger partial charge in [-0.2, -0.15) is 0 Å². The summed E-state index contributed by atoms with van der Waals surface area (Å²) in [7, 11) is 4.06. The van der Waals surface area contributed by atoms with Crippen molar-refractivity contribution in [1.29, 1.82) is 0 Å². The number of cyclic esters (lactones) is 1. The number of aliphatic hydroxyl groups is 4. The van der Waals surface area contributed by atoms with Crippen LogP contribution in [0, 0.1) is 35.5 Å². The molecule has 1 saturated carbocycles. The van der Waals surface area contributed by atoms with E-state index < -0.39 is 97.6 Å². The average molecular weight is 631 g/mol. The molecule has 0 amide bonds. The molecule has 3 aliphatic heterocycles. The Bertz CT molecular complexity index is 1060. The maximum atomic E-state index is 13.7. The number of carbonyl (C=O) groups is 3. The van der Waals surface area contributed by atoms with Crippen LogP contribution in [-0.2, 0) is 52.3 Å². The summed E-state index contributed by atoms with van der Waals surface area (Å²) in [5.74, 6) is -5.53. The lowest BCUT2D eigenvalue weighted by molar-refractivity contribution is -0.339. The van der Waals surface area contributed by atoms with Crippen molar-refractivity contribution in [2.24, 2.45) is 35.5 Å². The number of methoxy groups -OCH3 is 3. The van der Waals surface area contributed by atoms with Crippen molar-refractivity contribution in [2.45, 2.75) is 69.2 Å².